The van der Waals surface area contributed by atoms with Crippen LogP contribution >= 0.6 is 0 Å². The number of nitrogens with one attached hydrogen (secondary N) is 2. The summed E-state index contributed by atoms with van der Waals surface area (Å²) in [6, 6.07) is 4.93. The summed E-state index contributed by atoms with van der Waals surface area (Å²) in [7, 11) is -1.19. The molecule has 3 N–H and O–H groups in total. The summed E-state index contributed by atoms with van der Waals surface area (Å²) in [5.41, 5.74) is 2.28. The number of ether oxygens (including phenoxy) is 4. The number of hydrogen-bond donors (Lipinski definition) is 3. The molecule has 1 fully saturated rings. The van der Waals surface area contributed by atoms with Gasteiger partial charge in [0.2, 0.25) is 0 Å². The molecular weight excluding hydrogens is 580 g/mol. The lowest BCUT2D eigenvalue weighted by atomic mass is 9.90. The molecule has 244 valence electrons. The van der Waals surface area contributed by atoms with Crippen molar-refractivity contribution >= 4 is 36.6 Å². The van der Waals surface area contributed by atoms with Crippen LogP contribution in [0.2, 0.25) is 25.7 Å². The van der Waals surface area contributed by atoms with Crippen LogP contribution in [-0.2, 0) is 25.7 Å². The van der Waals surface area contributed by atoms with Crippen LogP contribution in [-0.4, -0.2) is 85.2 Å². The van der Waals surface area contributed by atoms with E-state index in [0.717, 1.165) is 66.7 Å². The molecule has 2 aliphatic rings. The molecule has 1 aromatic carbocycles. The molecule has 0 spiro atoms. The Morgan fingerprint density at radius 1 is 1.20 bits per heavy atom. The maximum absolute atomic E-state index is 12.4. The van der Waals surface area contributed by atoms with Crippen LogP contribution < -0.4 is 15.4 Å². The summed E-state index contributed by atoms with van der Waals surface area (Å²) < 4.78 is 25.3. The number of carbonyl (C=O) groups excluding carboxylic acids is 1. The van der Waals surface area contributed by atoms with Crippen LogP contribution in [0.4, 0.5) is 4.79 Å². The molecule has 1 amide bonds. The molecule has 0 saturated carbocycles. The van der Waals surface area contributed by atoms with Gasteiger partial charge in [0.15, 0.2) is 6.61 Å². The second-order valence-electron chi connectivity index (χ2n) is 14.0. The van der Waals surface area contributed by atoms with E-state index < -0.39 is 32.3 Å². The van der Waals surface area contributed by atoms with Crippen molar-refractivity contribution in [2.45, 2.75) is 109 Å². The van der Waals surface area contributed by atoms with Gasteiger partial charge in [-0.15, -0.1) is 0 Å². The van der Waals surface area contributed by atoms with Gasteiger partial charge in [0.05, 0.1) is 30.5 Å². The van der Waals surface area contributed by atoms with E-state index >= 15 is 0 Å². The fourth-order valence-corrected chi connectivity index (χ4v) is 6.21. The Balaban J connectivity index is 1.40. The summed E-state index contributed by atoms with van der Waals surface area (Å²) in [5.74, 6) is -0.502. The lowest BCUT2D eigenvalue weighted by Crippen LogP contribution is -2.56. The number of aromatic nitrogens is 2. The maximum atomic E-state index is 12.4. The molecule has 1 aliphatic carbocycles. The third kappa shape index (κ3) is 10.3. The van der Waals surface area contributed by atoms with Gasteiger partial charge in [0, 0.05) is 37.7 Å². The number of piperidine rings is 1. The van der Waals surface area contributed by atoms with Gasteiger partial charge < -0.3 is 34.7 Å². The quantitative estimate of drug-likeness (QED) is 0.196. The highest BCUT2D eigenvalue weighted by Gasteiger charge is 2.30. The Bertz CT molecular complexity index is 1310. The summed E-state index contributed by atoms with van der Waals surface area (Å²) in [4.78, 5) is 23.7. The van der Waals surface area contributed by atoms with E-state index in [2.05, 4.69) is 41.4 Å². The number of carboxylic acids is 1. The number of carbonyl (C=O) groups is 2. The maximum Gasteiger partial charge on any atom is 0.407 e. The predicted molar refractivity (Wildman–Crippen MR) is 173 cm³/mol. The lowest BCUT2D eigenvalue weighted by molar-refractivity contribution is -0.139. The van der Waals surface area contributed by atoms with Crippen LogP contribution in [0.1, 0.15) is 58.4 Å². The number of amides is 1. The molecule has 0 radical (unpaired) electrons. The lowest BCUT2D eigenvalue weighted by Gasteiger charge is -2.35. The SMILES string of the molecule is CC(C)(C)OC(=O)N[C@H]1CCCN[C@H]1COC1CC=C(c2cc3cnn(COCC[Si](C)(C)C)c3cc2OCC(=O)O)CC1. The van der Waals surface area contributed by atoms with Crippen molar-refractivity contribution in [3.8, 4) is 5.75 Å². The molecule has 1 aliphatic heterocycles. The fraction of sp³-hybridized carbons (Fsp3) is 0.656. The molecule has 3 atom stereocenters. The Kier molecular flexibility index (Phi) is 11.5. The van der Waals surface area contributed by atoms with E-state index in [0.29, 0.717) is 25.7 Å². The van der Waals surface area contributed by atoms with Crippen molar-refractivity contribution in [1.82, 2.24) is 20.4 Å². The molecule has 12 heteroatoms. The van der Waals surface area contributed by atoms with Gasteiger partial charge in [0.1, 0.15) is 18.1 Å². The zero-order valence-corrected chi connectivity index (χ0v) is 28.1. The third-order valence-electron chi connectivity index (χ3n) is 7.81. The van der Waals surface area contributed by atoms with Gasteiger partial charge in [-0.2, -0.15) is 5.10 Å². The molecule has 0 bridgehead atoms. The molecule has 44 heavy (non-hydrogen) atoms. The van der Waals surface area contributed by atoms with Crippen LogP contribution in [0.5, 0.6) is 5.75 Å². The van der Waals surface area contributed by atoms with Gasteiger partial charge >= 0.3 is 12.1 Å². The number of alkyl carbamates (subject to hydrolysis) is 1. The minimum atomic E-state index is -1.19. The van der Waals surface area contributed by atoms with Gasteiger partial charge in [-0.3, -0.25) is 0 Å². The standard InChI is InChI=1S/C32H50N4O7Si/c1-32(2,3)43-31(39)35-26-8-7-13-33-27(26)19-41-24-11-9-22(10-12-24)25-16-23-18-34-36(21-40-14-15-44(4,5)6)28(23)17-29(25)42-20-30(37)38/h9,16-18,24,26-27,33H,7-8,10-15,19-21H2,1-6H3,(H,35,39)(H,37,38)/t24?,26-,27-/m0/s1. The molecule has 1 unspecified atom stereocenters. The smallest absolute Gasteiger partial charge is 0.407 e. The van der Waals surface area contributed by atoms with Crippen molar-refractivity contribution in [1.29, 1.82) is 0 Å². The first-order valence-electron chi connectivity index (χ1n) is 15.7. The number of carboxylic acid groups (broad SMARTS) is 1. The Hall–Kier alpha value is -2.93. The first-order chi connectivity index (χ1) is 20.8. The first kappa shape index (κ1) is 33.9. The number of rotatable bonds is 13. The molecule has 1 aromatic heterocycles. The van der Waals surface area contributed by atoms with E-state index in [4.69, 9.17) is 18.9 Å². The number of benzene rings is 1. The molecule has 2 heterocycles. The van der Waals surface area contributed by atoms with E-state index in [9.17, 15) is 14.7 Å². The van der Waals surface area contributed by atoms with E-state index in [-0.39, 0.29) is 18.2 Å². The highest BCUT2D eigenvalue weighted by molar-refractivity contribution is 6.76. The van der Waals surface area contributed by atoms with Gasteiger partial charge in [0.25, 0.3) is 0 Å². The van der Waals surface area contributed by atoms with E-state index in [1.807, 2.05) is 39.1 Å². The minimum absolute atomic E-state index is 0.0103. The van der Waals surface area contributed by atoms with Gasteiger partial charge in [-0.05, 0) is 77.1 Å². The molecule has 4 rings (SSSR count). The predicted octanol–water partition coefficient (Wildman–Crippen LogP) is 5.41. The summed E-state index contributed by atoms with van der Waals surface area (Å²) in [5, 5.41) is 21.3. The largest absolute Gasteiger partial charge is 0.481 e. The Morgan fingerprint density at radius 3 is 2.68 bits per heavy atom. The zero-order chi connectivity index (χ0) is 31.9. The van der Waals surface area contributed by atoms with Gasteiger partial charge in [-0.1, -0.05) is 25.7 Å². The number of aliphatic carboxylic acids is 1. The fourth-order valence-electron chi connectivity index (χ4n) is 5.45. The average Bonchev–Trinajstić information content (AvgIpc) is 3.33. The molecule has 1 saturated heterocycles. The number of allylic oxidation sites excluding steroid dienone is 1. The normalized spacial score (nSPS) is 21.1. The second kappa shape index (κ2) is 14.9. The minimum Gasteiger partial charge on any atom is -0.481 e. The van der Waals surface area contributed by atoms with E-state index in [1.165, 1.54) is 0 Å². The molecular formula is C32H50N4O7Si. The Labute approximate surface area is 261 Å². The summed E-state index contributed by atoms with van der Waals surface area (Å²) >= 11 is 0. The highest BCUT2D eigenvalue weighted by Crippen LogP contribution is 2.37. The van der Waals surface area contributed by atoms with Crippen molar-refractivity contribution in [2.75, 3.05) is 26.4 Å². The van der Waals surface area contributed by atoms with Crippen LogP contribution in [0, 0.1) is 0 Å². The number of nitrogens with zero attached hydrogens (tertiary/aromatic N) is 2. The summed E-state index contributed by atoms with van der Waals surface area (Å²) in [6.07, 6.45) is 7.80. The van der Waals surface area contributed by atoms with Crippen molar-refractivity contribution in [2.24, 2.45) is 0 Å². The topological polar surface area (TPSA) is 133 Å². The number of hydrogen-bond acceptors (Lipinski definition) is 8. The molecule has 11 nitrogen and oxygen atoms in total. The molecule has 2 aromatic rings. The van der Waals surface area contributed by atoms with Crippen LogP contribution in [0.15, 0.2) is 24.4 Å². The average molecular weight is 631 g/mol. The van der Waals surface area contributed by atoms with Crippen LogP contribution in [0.25, 0.3) is 16.5 Å². The number of fused-ring (bicyclic) bond motifs is 1. The van der Waals surface area contributed by atoms with Crippen molar-refractivity contribution in [3.63, 3.8) is 0 Å². The first-order valence-corrected chi connectivity index (χ1v) is 19.4. The second-order valence-corrected chi connectivity index (χ2v) is 19.6. The van der Waals surface area contributed by atoms with Crippen molar-refractivity contribution < 1.29 is 33.6 Å². The van der Waals surface area contributed by atoms with Crippen LogP contribution in [0.3, 0.4) is 0 Å². The highest BCUT2D eigenvalue weighted by atomic mass is 28.3. The Morgan fingerprint density at radius 2 is 2.00 bits per heavy atom. The zero-order valence-electron chi connectivity index (χ0n) is 27.1. The summed E-state index contributed by atoms with van der Waals surface area (Å²) in [6.45, 7) is 14.5. The van der Waals surface area contributed by atoms with Crippen molar-refractivity contribution in [3.05, 3.63) is 30.0 Å². The monoisotopic (exact) mass is 630 g/mol. The van der Waals surface area contributed by atoms with Gasteiger partial charge in [-0.25, -0.2) is 14.3 Å². The third-order valence-corrected chi connectivity index (χ3v) is 9.51. The van der Waals surface area contributed by atoms with E-state index in [1.54, 1.807) is 4.68 Å².